The van der Waals surface area contributed by atoms with Gasteiger partial charge in [-0.05, 0) is 20.3 Å². The summed E-state index contributed by atoms with van der Waals surface area (Å²) in [5.41, 5.74) is -0.633. The van der Waals surface area contributed by atoms with Crippen molar-refractivity contribution < 1.29 is 5.11 Å². The Hall–Kier alpha value is -1.40. The first-order chi connectivity index (χ1) is 9.98. The molecule has 21 heavy (non-hydrogen) atoms. The van der Waals surface area contributed by atoms with Crippen LogP contribution in [0.1, 0.15) is 27.2 Å². The summed E-state index contributed by atoms with van der Waals surface area (Å²) >= 11 is 0. The Morgan fingerprint density at radius 2 is 1.95 bits per heavy atom. The lowest BCUT2D eigenvalue weighted by Gasteiger charge is -2.37. The maximum Gasteiger partial charge on any atom is 0.149 e. The second-order valence-corrected chi connectivity index (χ2v) is 6.26. The zero-order chi connectivity index (χ0) is 15.3. The molecule has 2 N–H and O–H groups in total. The molecule has 0 unspecified atom stereocenters. The van der Waals surface area contributed by atoms with Crippen LogP contribution in [0.4, 0.5) is 11.6 Å². The highest BCUT2D eigenvalue weighted by atomic mass is 16.3. The van der Waals surface area contributed by atoms with Crippen molar-refractivity contribution in [1.29, 1.82) is 0 Å². The molecule has 0 aromatic carbocycles. The van der Waals surface area contributed by atoms with Gasteiger partial charge in [-0.25, -0.2) is 4.98 Å². The summed E-state index contributed by atoms with van der Waals surface area (Å²) in [7, 11) is 0. The van der Waals surface area contributed by atoms with Gasteiger partial charge in [-0.2, -0.15) is 0 Å². The Bertz CT molecular complexity index is 438. The zero-order valence-electron chi connectivity index (χ0n) is 13.3. The number of aromatic nitrogens is 2. The van der Waals surface area contributed by atoms with Crippen LogP contribution in [0.2, 0.25) is 0 Å². The maximum absolute atomic E-state index is 9.89. The van der Waals surface area contributed by atoms with E-state index >= 15 is 0 Å². The number of aliphatic hydroxyl groups is 1. The summed E-state index contributed by atoms with van der Waals surface area (Å²) in [4.78, 5) is 13.4. The predicted molar refractivity (Wildman–Crippen MR) is 85.8 cm³/mol. The summed E-state index contributed by atoms with van der Waals surface area (Å²) in [6, 6.07) is 0. The largest absolute Gasteiger partial charge is 0.389 e. The van der Waals surface area contributed by atoms with E-state index in [2.05, 4.69) is 32.0 Å². The van der Waals surface area contributed by atoms with Gasteiger partial charge in [0.05, 0.1) is 18.0 Å². The van der Waals surface area contributed by atoms with Crippen molar-refractivity contribution in [3.63, 3.8) is 0 Å². The first-order valence-corrected chi connectivity index (χ1v) is 7.73. The number of β-amino-alcohol motifs (C(OH)–C–C–N with tert-alkyl or cyclic N) is 1. The maximum atomic E-state index is 9.89. The van der Waals surface area contributed by atoms with Crippen LogP contribution in [-0.4, -0.2) is 64.8 Å². The third-order valence-corrected chi connectivity index (χ3v) is 3.48. The number of hydrogen-bond acceptors (Lipinski definition) is 6. The second kappa shape index (κ2) is 7.04. The normalized spacial score (nSPS) is 17.0. The van der Waals surface area contributed by atoms with Gasteiger partial charge < -0.3 is 15.3 Å². The molecule has 1 aliphatic heterocycles. The van der Waals surface area contributed by atoms with E-state index < -0.39 is 5.60 Å². The summed E-state index contributed by atoms with van der Waals surface area (Å²) < 4.78 is 0. The Morgan fingerprint density at radius 3 is 2.57 bits per heavy atom. The molecule has 2 rings (SSSR count). The van der Waals surface area contributed by atoms with Gasteiger partial charge >= 0.3 is 0 Å². The first kappa shape index (κ1) is 16.0. The summed E-state index contributed by atoms with van der Waals surface area (Å²) in [5, 5.41) is 13.2. The van der Waals surface area contributed by atoms with Crippen molar-refractivity contribution in [2.24, 2.45) is 0 Å². The highest BCUT2D eigenvalue weighted by molar-refractivity contribution is 5.44. The predicted octanol–water partition coefficient (Wildman–Crippen LogP) is 1.19. The van der Waals surface area contributed by atoms with Crippen LogP contribution in [0, 0.1) is 0 Å². The van der Waals surface area contributed by atoms with Crippen molar-refractivity contribution in [2.75, 3.05) is 49.5 Å². The van der Waals surface area contributed by atoms with E-state index in [-0.39, 0.29) is 0 Å². The second-order valence-electron chi connectivity index (χ2n) is 6.26. The average molecular weight is 293 g/mol. The number of nitrogens with one attached hydrogen (secondary N) is 1. The van der Waals surface area contributed by atoms with Crippen molar-refractivity contribution in [3.8, 4) is 0 Å². The molecule has 1 aromatic heterocycles. The number of nitrogens with zero attached hydrogens (tertiary/aromatic N) is 4. The van der Waals surface area contributed by atoms with Gasteiger partial charge in [-0.3, -0.25) is 9.88 Å². The van der Waals surface area contributed by atoms with Crippen LogP contribution in [0.5, 0.6) is 0 Å². The number of piperazine rings is 1. The molecular formula is C15H27N5O. The van der Waals surface area contributed by atoms with Crippen LogP contribution >= 0.6 is 0 Å². The van der Waals surface area contributed by atoms with E-state index in [1.807, 2.05) is 20.0 Å². The van der Waals surface area contributed by atoms with Crippen molar-refractivity contribution in [1.82, 2.24) is 14.9 Å². The van der Waals surface area contributed by atoms with Crippen LogP contribution < -0.4 is 10.2 Å². The van der Waals surface area contributed by atoms with Crippen LogP contribution in [0.25, 0.3) is 0 Å². The molecule has 6 heteroatoms. The van der Waals surface area contributed by atoms with Gasteiger partial charge in [0.25, 0.3) is 0 Å². The standard InChI is InChI=1S/C15H27N5O/c1-4-5-17-13-10-16-11-14(18-13)20-8-6-19(7-9-20)12-15(2,3)21/h10-11,21H,4-9,12H2,1-3H3,(H,17,18). The molecule has 0 amide bonds. The first-order valence-electron chi connectivity index (χ1n) is 7.73. The molecule has 6 nitrogen and oxygen atoms in total. The Kier molecular flexibility index (Phi) is 5.36. The van der Waals surface area contributed by atoms with Gasteiger partial charge in [0, 0.05) is 39.3 Å². The third-order valence-electron chi connectivity index (χ3n) is 3.48. The van der Waals surface area contributed by atoms with Crippen molar-refractivity contribution >= 4 is 11.6 Å². The third kappa shape index (κ3) is 5.13. The van der Waals surface area contributed by atoms with E-state index in [0.717, 1.165) is 50.8 Å². The summed E-state index contributed by atoms with van der Waals surface area (Å²) in [6.07, 6.45) is 4.66. The van der Waals surface area contributed by atoms with Crippen LogP contribution in [0.15, 0.2) is 12.4 Å². The molecular weight excluding hydrogens is 266 g/mol. The van der Waals surface area contributed by atoms with E-state index in [0.29, 0.717) is 6.54 Å². The van der Waals surface area contributed by atoms with Crippen LogP contribution in [-0.2, 0) is 0 Å². The van der Waals surface area contributed by atoms with E-state index in [9.17, 15) is 5.11 Å². The van der Waals surface area contributed by atoms with E-state index in [1.165, 1.54) is 0 Å². The molecule has 0 radical (unpaired) electrons. The van der Waals surface area contributed by atoms with Gasteiger partial charge in [0.15, 0.2) is 0 Å². The fourth-order valence-electron chi connectivity index (χ4n) is 2.53. The zero-order valence-corrected chi connectivity index (χ0v) is 13.3. The highest BCUT2D eigenvalue weighted by Gasteiger charge is 2.23. The lowest BCUT2D eigenvalue weighted by Crippen LogP contribution is -2.50. The molecule has 0 aliphatic carbocycles. The minimum Gasteiger partial charge on any atom is -0.389 e. The molecule has 2 heterocycles. The molecule has 0 spiro atoms. The van der Waals surface area contributed by atoms with Crippen LogP contribution in [0.3, 0.4) is 0 Å². The SMILES string of the molecule is CCCNc1cncc(N2CCN(CC(C)(C)O)CC2)n1. The summed E-state index contributed by atoms with van der Waals surface area (Å²) in [6.45, 7) is 11.2. The average Bonchev–Trinajstić information content (AvgIpc) is 2.44. The quantitative estimate of drug-likeness (QED) is 0.821. The van der Waals surface area contributed by atoms with Gasteiger partial charge in [-0.1, -0.05) is 6.92 Å². The molecule has 1 aliphatic rings. The molecule has 118 valence electrons. The molecule has 1 aromatic rings. The fourth-order valence-corrected chi connectivity index (χ4v) is 2.53. The van der Waals surface area contributed by atoms with Crippen molar-refractivity contribution in [2.45, 2.75) is 32.8 Å². The fraction of sp³-hybridized carbons (Fsp3) is 0.733. The molecule has 0 saturated carbocycles. The number of rotatable bonds is 6. The summed E-state index contributed by atoms with van der Waals surface area (Å²) in [5.74, 6) is 1.77. The number of anilines is 2. The Labute approximate surface area is 127 Å². The Balaban J connectivity index is 1.90. The topological polar surface area (TPSA) is 64.5 Å². The van der Waals surface area contributed by atoms with Gasteiger partial charge in [0.2, 0.25) is 0 Å². The van der Waals surface area contributed by atoms with Gasteiger partial charge in [0.1, 0.15) is 11.6 Å². The number of hydrogen-bond donors (Lipinski definition) is 2. The molecule has 1 saturated heterocycles. The highest BCUT2D eigenvalue weighted by Crippen LogP contribution is 2.16. The molecule has 0 atom stereocenters. The van der Waals surface area contributed by atoms with Crippen molar-refractivity contribution in [3.05, 3.63) is 12.4 Å². The van der Waals surface area contributed by atoms with E-state index in [1.54, 1.807) is 6.20 Å². The Morgan fingerprint density at radius 1 is 1.24 bits per heavy atom. The lowest BCUT2D eigenvalue weighted by atomic mass is 10.1. The minimum atomic E-state index is -0.633. The monoisotopic (exact) mass is 293 g/mol. The lowest BCUT2D eigenvalue weighted by molar-refractivity contribution is 0.0344. The molecule has 1 fully saturated rings. The molecule has 0 bridgehead atoms. The minimum absolute atomic E-state index is 0.633. The smallest absolute Gasteiger partial charge is 0.149 e. The van der Waals surface area contributed by atoms with E-state index in [4.69, 9.17) is 0 Å². The van der Waals surface area contributed by atoms with Gasteiger partial charge in [-0.15, -0.1) is 0 Å².